The number of aromatic nitrogens is 3. The molecular weight excluding hydrogens is 453 g/mol. The molecule has 5 rings (SSSR count). The van der Waals surface area contributed by atoms with Crippen LogP contribution in [0.2, 0.25) is 0 Å². The average Bonchev–Trinajstić information content (AvgIpc) is 3.57. The standard InChI is InChI=1S/C21H16FN5OS3/c22-14-6-2-1-5-13(14)20-23-21(25-24-20)31-12-19(28)27-16(18-8-4-10-30-18)11-15(26-27)17-7-3-9-29-17/h1-10,16H,11-12H2,(H,23,24,25). The second-order valence-corrected chi connectivity index (χ2v) is 9.60. The van der Waals surface area contributed by atoms with Crippen molar-refractivity contribution < 1.29 is 9.18 Å². The van der Waals surface area contributed by atoms with E-state index >= 15 is 0 Å². The number of benzene rings is 1. The number of thiophene rings is 2. The van der Waals surface area contributed by atoms with Gasteiger partial charge in [0.25, 0.3) is 5.91 Å². The first kappa shape index (κ1) is 20.1. The van der Waals surface area contributed by atoms with Crippen molar-refractivity contribution in [3.8, 4) is 11.4 Å². The van der Waals surface area contributed by atoms with Crippen LogP contribution in [0.25, 0.3) is 11.4 Å². The number of carbonyl (C=O) groups is 1. The normalized spacial score (nSPS) is 16.0. The van der Waals surface area contributed by atoms with Crippen LogP contribution in [0.15, 0.2) is 69.5 Å². The number of hydrazone groups is 1. The van der Waals surface area contributed by atoms with Gasteiger partial charge in [-0.1, -0.05) is 36.0 Å². The molecule has 4 heterocycles. The highest BCUT2D eigenvalue weighted by Gasteiger charge is 2.34. The van der Waals surface area contributed by atoms with Crippen molar-refractivity contribution in [1.82, 2.24) is 20.2 Å². The molecule has 0 saturated heterocycles. The number of hydrogen-bond acceptors (Lipinski definition) is 7. The molecule has 0 fully saturated rings. The van der Waals surface area contributed by atoms with E-state index in [0.29, 0.717) is 23.0 Å². The zero-order valence-corrected chi connectivity index (χ0v) is 18.5. The minimum atomic E-state index is -0.377. The Bertz CT molecular complexity index is 1220. The Kier molecular flexibility index (Phi) is 5.66. The molecule has 0 aliphatic carbocycles. The highest BCUT2D eigenvalue weighted by Crippen LogP contribution is 2.36. The molecule has 1 atom stereocenters. The molecule has 10 heteroatoms. The minimum absolute atomic E-state index is 0.105. The van der Waals surface area contributed by atoms with E-state index in [1.807, 2.05) is 35.0 Å². The van der Waals surface area contributed by atoms with Crippen LogP contribution in [0.1, 0.15) is 22.2 Å². The third-order valence-corrected chi connectivity index (χ3v) is 7.49. The summed E-state index contributed by atoms with van der Waals surface area (Å²) in [5.74, 6) is -0.0223. The number of aromatic amines is 1. The molecule has 156 valence electrons. The average molecular weight is 470 g/mol. The van der Waals surface area contributed by atoms with Gasteiger partial charge in [-0.15, -0.1) is 27.8 Å². The second kappa shape index (κ2) is 8.74. The van der Waals surface area contributed by atoms with E-state index in [2.05, 4.69) is 20.3 Å². The van der Waals surface area contributed by atoms with Crippen LogP contribution >= 0.6 is 34.4 Å². The molecule has 0 spiro atoms. The maximum Gasteiger partial charge on any atom is 0.253 e. The summed E-state index contributed by atoms with van der Waals surface area (Å²) >= 11 is 4.45. The van der Waals surface area contributed by atoms with Crippen molar-refractivity contribution in [2.75, 3.05) is 5.75 Å². The minimum Gasteiger partial charge on any atom is -0.272 e. The number of hydrogen-bond donors (Lipinski definition) is 1. The van der Waals surface area contributed by atoms with Gasteiger partial charge in [-0.25, -0.2) is 14.4 Å². The molecule has 1 aliphatic heterocycles. The summed E-state index contributed by atoms with van der Waals surface area (Å²) in [5.41, 5.74) is 1.27. The van der Waals surface area contributed by atoms with E-state index in [-0.39, 0.29) is 23.5 Å². The lowest BCUT2D eigenvalue weighted by atomic mass is 10.1. The Morgan fingerprint density at radius 3 is 2.77 bits per heavy atom. The summed E-state index contributed by atoms with van der Waals surface area (Å²) in [6, 6.07) is 14.3. The molecule has 0 radical (unpaired) electrons. The summed E-state index contributed by atoms with van der Waals surface area (Å²) < 4.78 is 14.0. The van der Waals surface area contributed by atoms with Gasteiger partial charge in [0.15, 0.2) is 5.82 Å². The molecule has 1 N–H and O–H groups in total. The predicted molar refractivity (Wildman–Crippen MR) is 122 cm³/mol. The van der Waals surface area contributed by atoms with E-state index in [0.717, 1.165) is 15.5 Å². The number of thioether (sulfide) groups is 1. The molecule has 1 aliphatic rings. The monoisotopic (exact) mass is 469 g/mol. The van der Waals surface area contributed by atoms with E-state index in [1.165, 1.54) is 17.8 Å². The van der Waals surface area contributed by atoms with Gasteiger partial charge in [-0.05, 0) is 35.0 Å². The Hall–Kier alpha value is -2.82. The molecule has 3 aromatic heterocycles. The van der Waals surface area contributed by atoms with Gasteiger partial charge in [0.05, 0.1) is 27.9 Å². The maximum absolute atomic E-state index is 14.0. The molecule has 0 bridgehead atoms. The first-order valence-electron chi connectivity index (χ1n) is 9.46. The van der Waals surface area contributed by atoms with Crippen molar-refractivity contribution in [3.63, 3.8) is 0 Å². The fourth-order valence-electron chi connectivity index (χ4n) is 3.31. The number of nitrogens with zero attached hydrogens (tertiary/aromatic N) is 4. The van der Waals surface area contributed by atoms with Crippen molar-refractivity contribution in [2.24, 2.45) is 5.10 Å². The smallest absolute Gasteiger partial charge is 0.253 e. The van der Waals surface area contributed by atoms with Crippen molar-refractivity contribution in [3.05, 3.63) is 74.9 Å². The van der Waals surface area contributed by atoms with Crippen LogP contribution in [0.4, 0.5) is 4.39 Å². The van der Waals surface area contributed by atoms with Crippen LogP contribution in [-0.2, 0) is 4.79 Å². The molecular formula is C21H16FN5OS3. The summed E-state index contributed by atoms with van der Waals surface area (Å²) in [4.78, 5) is 19.6. The lowest BCUT2D eigenvalue weighted by molar-refractivity contribution is -0.130. The molecule has 1 aromatic carbocycles. The van der Waals surface area contributed by atoms with Crippen LogP contribution in [0, 0.1) is 5.82 Å². The van der Waals surface area contributed by atoms with Gasteiger partial charge in [0.2, 0.25) is 5.16 Å². The zero-order chi connectivity index (χ0) is 21.2. The Balaban J connectivity index is 1.31. The lowest BCUT2D eigenvalue weighted by Gasteiger charge is -2.20. The highest BCUT2D eigenvalue weighted by molar-refractivity contribution is 7.99. The number of H-pyrrole nitrogens is 1. The number of carbonyl (C=O) groups excluding carboxylic acids is 1. The SMILES string of the molecule is O=C(CSc1n[nH]c(-c2ccccc2F)n1)N1N=C(c2cccs2)CC1c1cccs1. The molecule has 4 aromatic rings. The van der Waals surface area contributed by atoms with Crippen LogP contribution in [0.3, 0.4) is 0 Å². The first-order chi connectivity index (χ1) is 15.2. The quantitative estimate of drug-likeness (QED) is 0.394. The lowest BCUT2D eigenvalue weighted by Crippen LogP contribution is -2.28. The van der Waals surface area contributed by atoms with Gasteiger partial charge in [0, 0.05) is 11.3 Å². The van der Waals surface area contributed by atoms with Gasteiger partial charge in [-0.2, -0.15) is 5.10 Å². The first-order valence-corrected chi connectivity index (χ1v) is 12.2. The fraction of sp³-hybridized carbons (Fsp3) is 0.143. The van der Waals surface area contributed by atoms with Crippen LogP contribution in [0.5, 0.6) is 0 Å². The van der Waals surface area contributed by atoms with E-state index in [9.17, 15) is 9.18 Å². The molecule has 6 nitrogen and oxygen atoms in total. The third kappa shape index (κ3) is 4.18. The topological polar surface area (TPSA) is 74.2 Å². The number of halogens is 1. The van der Waals surface area contributed by atoms with Crippen LogP contribution in [-0.4, -0.2) is 37.6 Å². The van der Waals surface area contributed by atoms with Crippen LogP contribution < -0.4 is 0 Å². The van der Waals surface area contributed by atoms with E-state index < -0.39 is 0 Å². The predicted octanol–water partition coefficient (Wildman–Crippen LogP) is 5.20. The molecule has 1 amide bonds. The van der Waals surface area contributed by atoms with Gasteiger partial charge < -0.3 is 0 Å². The Labute approximate surface area is 189 Å². The summed E-state index contributed by atoms with van der Waals surface area (Å²) in [5, 5.41) is 17.5. The maximum atomic E-state index is 14.0. The van der Waals surface area contributed by atoms with E-state index in [4.69, 9.17) is 0 Å². The van der Waals surface area contributed by atoms with Gasteiger partial charge in [-0.3, -0.25) is 9.89 Å². The third-order valence-electron chi connectivity index (χ3n) is 4.76. The van der Waals surface area contributed by atoms with Crippen molar-refractivity contribution >= 4 is 46.1 Å². The number of rotatable bonds is 6. The van der Waals surface area contributed by atoms with Gasteiger partial charge in [0.1, 0.15) is 5.82 Å². The zero-order valence-electron chi connectivity index (χ0n) is 16.1. The summed E-state index contributed by atoms with van der Waals surface area (Å²) in [7, 11) is 0. The largest absolute Gasteiger partial charge is 0.272 e. The second-order valence-electron chi connectivity index (χ2n) is 6.73. The van der Waals surface area contributed by atoms with Crippen molar-refractivity contribution in [2.45, 2.75) is 17.6 Å². The Morgan fingerprint density at radius 2 is 2.00 bits per heavy atom. The fourth-order valence-corrected chi connectivity index (χ4v) is 5.50. The molecule has 0 saturated carbocycles. The molecule has 1 unspecified atom stereocenters. The van der Waals surface area contributed by atoms with Gasteiger partial charge >= 0.3 is 0 Å². The van der Waals surface area contributed by atoms with Crippen molar-refractivity contribution in [1.29, 1.82) is 0 Å². The summed E-state index contributed by atoms with van der Waals surface area (Å²) in [6.07, 6.45) is 0.690. The number of amides is 1. The summed E-state index contributed by atoms with van der Waals surface area (Å²) in [6.45, 7) is 0. The number of nitrogens with one attached hydrogen (secondary N) is 1. The Morgan fingerprint density at radius 1 is 1.16 bits per heavy atom. The molecule has 31 heavy (non-hydrogen) atoms. The van der Waals surface area contributed by atoms with E-state index in [1.54, 1.807) is 45.9 Å². The highest BCUT2D eigenvalue weighted by atomic mass is 32.2.